The molecule has 64 valence electrons. The van der Waals surface area contributed by atoms with Gasteiger partial charge in [0.2, 0.25) is 0 Å². The molecule has 5 heteroatoms. The summed E-state index contributed by atoms with van der Waals surface area (Å²) in [7, 11) is 0. The van der Waals surface area contributed by atoms with E-state index in [4.69, 9.17) is 10.8 Å². The number of benzene rings is 1. The van der Waals surface area contributed by atoms with Crippen LogP contribution in [0.1, 0.15) is 0 Å². The molecular weight excluding hydrogens is 163 g/mol. The average Bonchev–Trinajstić information content (AvgIpc) is 1.94. The first kappa shape index (κ1) is 8.32. The summed E-state index contributed by atoms with van der Waals surface area (Å²) in [4.78, 5) is 10.3. The minimum absolute atomic E-state index is 0.0553. The molecule has 0 fully saturated rings. The number of rotatable bonds is 1. The third-order valence-electron chi connectivity index (χ3n) is 1.21. The number of aromatic hydroxyl groups is 1. The Hall–Kier alpha value is -1.78. The van der Waals surface area contributed by atoms with E-state index in [2.05, 4.69) is 5.32 Å². The number of carbonyl (C=O) groups excluding carboxylic acids is 1. The number of phenols is 1. The van der Waals surface area contributed by atoms with Gasteiger partial charge in [-0.15, -0.1) is 0 Å². The zero-order valence-corrected chi connectivity index (χ0v) is 6.04. The van der Waals surface area contributed by atoms with Crippen LogP contribution in [0, 0.1) is 5.82 Å². The molecule has 0 bridgehead atoms. The Morgan fingerprint density at radius 3 is 2.75 bits per heavy atom. The first-order valence-corrected chi connectivity index (χ1v) is 3.14. The van der Waals surface area contributed by atoms with Crippen molar-refractivity contribution in [2.45, 2.75) is 0 Å². The SMILES string of the molecule is NC(=O)Nc1ccc(O)cc1F. The van der Waals surface area contributed by atoms with Crippen LogP contribution in [0.2, 0.25) is 0 Å². The summed E-state index contributed by atoms with van der Waals surface area (Å²) in [6.07, 6.45) is 0. The summed E-state index contributed by atoms with van der Waals surface area (Å²) in [6.45, 7) is 0. The Kier molecular flexibility index (Phi) is 2.14. The number of urea groups is 1. The van der Waals surface area contributed by atoms with Crippen molar-refractivity contribution in [3.63, 3.8) is 0 Å². The summed E-state index contributed by atoms with van der Waals surface area (Å²) in [5.41, 5.74) is 4.70. The minimum Gasteiger partial charge on any atom is -0.508 e. The van der Waals surface area contributed by atoms with E-state index in [0.29, 0.717) is 0 Å². The third kappa shape index (κ3) is 1.85. The Balaban J connectivity index is 2.93. The molecule has 2 amide bonds. The number of primary amides is 1. The second-order valence-electron chi connectivity index (χ2n) is 2.15. The van der Waals surface area contributed by atoms with Crippen molar-refractivity contribution < 1.29 is 14.3 Å². The van der Waals surface area contributed by atoms with Gasteiger partial charge >= 0.3 is 6.03 Å². The molecule has 1 rings (SSSR count). The van der Waals surface area contributed by atoms with Crippen molar-refractivity contribution in [1.82, 2.24) is 0 Å². The van der Waals surface area contributed by atoms with E-state index in [-0.39, 0.29) is 11.4 Å². The van der Waals surface area contributed by atoms with Crippen LogP contribution in [0.25, 0.3) is 0 Å². The molecule has 0 aliphatic heterocycles. The predicted octanol–water partition coefficient (Wildman–Crippen LogP) is 1.02. The number of nitrogens with one attached hydrogen (secondary N) is 1. The summed E-state index contributed by atoms with van der Waals surface area (Å²) in [5.74, 6) is -0.934. The van der Waals surface area contributed by atoms with Crippen molar-refractivity contribution in [3.05, 3.63) is 24.0 Å². The fourth-order valence-electron chi connectivity index (χ4n) is 0.738. The number of carbonyl (C=O) groups is 1. The number of amides is 2. The third-order valence-corrected chi connectivity index (χ3v) is 1.21. The number of halogens is 1. The van der Waals surface area contributed by atoms with Gasteiger partial charge in [0.1, 0.15) is 11.6 Å². The zero-order chi connectivity index (χ0) is 9.14. The molecule has 0 saturated carbocycles. The molecule has 0 aliphatic carbocycles. The van der Waals surface area contributed by atoms with E-state index in [9.17, 15) is 9.18 Å². The standard InChI is InChI=1S/C7H7FN2O2/c8-5-3-4(11)1-2-6(5)10-7(9)12/h1-3,11H,(H3,9,10,12). The van der Waals surface area contributed by atoms with Gasteiger partial charge < -0.3 is 16.2 Å². The van der Waals surface area contributed by atoms with Crippen molar-refractivity contribution in [1.29, 1.82) is 0 Å². The van der Waals surface area contributed by atoms with Crippen LogP contribution >= 0.6 is 0 Å². The predicted molar refractivity (Wildman–Crippen MR) is 41.3 cm³/mol. The van der Waals surface area contributed by atoms with Gasteiger partial charge in [-0.05, 0) is 12.1 Å². The second-order valence-corrected chi connectivity index (χ2v) is 2.15. The summed E-state index contributed by atoms with van der Waals surface area (Å²) in [6, 6.07) is 2.49. The number of anilines is 1. The van der Waals surface area contributed by atoms with Crippen molar-refractivity contribution >= 4 is 11.7 Å². The maximum Gasteiger partial charge on any atom is 0.316 e. The minimum atomic E-state index is -0.848. The molecule has 1 aromatic carbocycles. The largest absolute Gasteiger partial charge is 0.508 e. The van der Waals surface area contributed by atoms with Crippen molar-refractivity contribution in [2.24, 2.45) is 5.73 Å². The van der Waals surface area contributed by atoms with Crippen LogP contribution in [0.5, 0.6) is 5.75 Å². The molecular formula is C7H7FN2O2. The fourth-order valence-corrected chi connectivity index (χ4v) is 0.738. The van der Waals surface area contributed by atoms with Crippen molar-refractivity contribution in [3.8, 4) is 5.75 Å². The van der Waals surface area contributed by atoms with Gasteiger partial charge in [0.15, 0.2) is 0 Å². The van der Waals surface area contributed by atoms with Gasteiger partial charge in [-0.3, -0.25) is 0 Å². The molecule has 1 aromatic rings. The maximum atomic E-state index is 12.8. The van der Waals surface area contributed by atoms with Crippen LogP contribution in [0.15, 0.2) is 18.2 Å². The summed E-state index contributed by atoms with van der Waals surface area (Å²) < 4.78 is 12.8. The number of hydrogen-bond donors (Lipinski definition) is 3. The van der Waals surface area contributed by atoms with E-state index in [1.165, 1.54) is 12.1 Å². The van der Waals surface area contributed by atoms with E-state index in [1.54, 1.807) is 0 Å². The van der Waals surface area contributed by atoms with Crippen LogP contribution in [0.4, 0.5) is 14.9 Å². The second kappa shape index (κ2) is 3.08. The lowest BCUT2D eigenvalue weighted by molar-refractivity contribution is 0.259. The van der Waals surface area contributed by atoms with Gasteiger partial charge in [0.05, 0.1) is 5.69 Å². The van der Waals surface area contributed by atoms with E-state index in [1.807, 2.05) is 0 Å². The Bertz CT molecular complexity index is 314. The summed E-state index contributed by atoms with van der Waals surface area (Å²) >= 11 is 0. The molecule has 12 heavy (non-hydrogen) atoms. The van der Waals surface area contributed by atoms with E-state index in [0.717, 1.165) is 6.07 Å². The molecule has 0 atom stereocenters. The fraction of sp³-hybridized carbons (Fsp3) is 0. The first-order valence-electron chi connectivity index (χ1n) is 3.14. The molecule has 0 unspecified atom stereocenters. The number of nitrogens with two attached hydrogens (primary N) is 1. The van der Waals surface area contributed by atoms with Crippen LogP contribution < -0.4 is 11.1 Å². The monoisotopic (exact) mass is 170 g/mol. The molecule has 0 aromatic heterocycles. The molecule has 4 nitrogen and oxygen atoms in total. The highest BCUT2D eigenvalue weighted by molar-refractivity contribution is 5.87. The van der Waals surface area contributed by atoms with Crippen LogP contribution in [-0.4, -0.2) is 11.1 Å². The Morgan fingerprint density at radius 1 is 1.58 bits per heavy atom. The quantitative estimate of drug-likeness (QED) is 0.550. The van der Waals surface area contributed by atoms with Gasteiger partial charge in [-0.25, -0.2) is 9.18 Å². The first-order chi connectivity index (χ1) is 5.59. The Labute approximate surface area is 67.8 Å². The van der Waals surface area contributed by atoms with Crippen LogP contribution in [0.3, 0.4) is 0 Å². The summed E-state index contributed by atoms with van der Waals surface area (Å²) in [5, 5.41) is 10.8. The number of phenolic OH excluding ortho intramolecular Hbond substituents is 1. The lowest BCUT2D eigenvalue weighted by Gasteiger charge is -2.02. The molecule has 4 N–H and O–H groups in total. The zero-order valence-electron chi connectivity index (χ0n) is 6.04. The molecule has 0 spiro atoms. The molecule has 0 radical (unpaired) electrons. The topological polar surface area (TPSA) is 75.4 Å². The van der Waals surface area contributed by atoms with Gasteiger partial charge in [-0.2, -0.15) is 0 Å². The highest BCUT2D eigenvalue weighted by Crippen LogP contribution is 2.18. The lowest BCUT2D eigenvalue weighted by Crippen LogP contribution is -2.19. The Morgan fingerprint density at radius 2 is 2.25 bits per heavy atom. The van der Waals surface area contributed by atoms with Gasteiger partial charge in [-0.1, -0.05) is 0 Å². The van der Waals surface area contributed by atoms with Gasteiger partial charge in [0.25, 0.3) is 0 Å². The highest BCUT2D eigenvalue weighted by Gasteiger charge is 2.03. The molecule has 0 saturated heterocycles. The highest BCUT2D eigenvalue weighted by atomic mass is 19.1. The molecule has 0 heterocycles. The smallest absolute Gasteiger partial charge is 0.316 e. The van der Waals surface area contributed by atoms with Crippen molar-refractivity contribution in [2.75, 3.05) is 5.32 Å². The van der Waals surface area contributed by atoms with Crippen LogP contribution in [-0.2, 0) is 0 Å². The number of hydrogen-bond acceptors (Lipinski definition) is 2. The van der Waals surface area contributed by atoms with E-state index < -0.39 is 11.8 Å². The molecule has 0 aliphatic rings. The normalized spacial score (nSPS) is 9.42. The van der Waals surface area contributed by atoms with Gasteiger partial charge in [0, 0.05) is 6.07 Å². The average molecular weight is 170 g/mol. The maximum absolute atomic E-state index is 12.8. The lowest BCUT2D eigenvalue weighted by atomic mass is 10.3. The van der Waals surface area contributed by atoms with E-state index >= 15 is 0 Å².